The van der Waals surface area contributed by atoms with Crippen molar-refractivity contribution in [3.8, 4) is 11.1 Å². The summed E-state index contributed by atoms with van der Waals surface area (Å²) < 4.78 is 16.8. The molecule has 3 aromatic heterocycles. The quantitative estimate of drug-likeness (QED) is 0.309. The Hall–Kier alpha value is -3.66. The van der Waals surface area contributed by atoms with Crippen molar-refractivity contribution in [3.05, 3.63) is 102 Å². The van der Waals surface area contributed by atoms with Gasteiger partial charge >= 0.3 is 0 Å². The number of anilines is 1. The van der Waals surface area contributed by atoms with Gasteiger partial charge in [0, 0.05) is 73.1 Å². The highest BCUT2D eigenvalue weighted by Gasteiger charge is 2.34. The minimum Gasteiger partial charge on any atom is -0.392 e. The summed E-state index contributed by atoms with van der Waals surface area (Å²) in [6.45, 7) is 5.37. The van der Waals surface area contributed by atoms with Crippen molar-refractivity contribution in [2.24, 2.45) is 7.05 Å². The van der Waals surface area contributed by atoms with E-state index < -0.39 is 5.82 Å². The van der Waals surface area contributed by atoms with Crippen LogP contribution in [0.5, 0.6) is 0 Å². The average molecular weight is 613 g/mol. The Morgan fingerprint density at radius 2 is 1.89 bits per heavy atom. The number of aromatic nitrogens is 2. The lowest BCUT2D eigenvalue weighted by molar-refractivity contribution is 0.0984. The van der Waals surface area contributed by atoms with Gasteiger partial charge in [0.25, 0.3) is 11.5 Å². The van der Waals surface area contributed by atoms with Crippen LogP contribution in [0, 0.1) is 5.82 Å². The lowest BCUT2D eigenvalue weighted by Crippen LogP contribution is -2.44. The predicted octanol–water partition coefficient (Wildman–Crippen LogP) is 5.23. The van der Waals surface area contributed by atoms with E-state index in [0.717, 1.165) is 67.9 Å². The smallest absolute Gasteiger partial charge is 0.268 e. The van der Waals surface area contributed by atoms with Crippen LogP contribution in [-0.4, -0.2) is 51.6 Å². The van der Waals surface area contributed by atoms with Crippen LogP contribution in [0.15, 0.2) is 47.5 Å². The van der Waals surface area contributed by atoms with Crippen LogP contribution in [0.3, 0.4) is 0 Å². The summed E-state index contributed by atoms with van der Waals surface area (Å²) in [6.07, 6.45) is 8.96. The van der Waals surface area contributed by atoms with Gasteiger partial charge in [-0.25, -0.2) is 4.39 Å². The number of pyridine rings is 2. The Kier molecular flexibility index (Phi) is 7.72. The molecule has 4 aromatic rings. The molecule has 1 fully saturated rings. The van der Waals surface area contributed by atoms with E-state index in [1.165, 1.54) is 32.7 Å². The van der Waals surface area contributed by atoms with E-state index in [9.17, 15) is 14.7 Å². The van der Waals surface area contributed by atoms with Crippen molar-refractivity contribution in [1.82, 2.24) is 14.5 Å². The van der Waals surface area contributed by atoms with Crippen molar-refractivity contribution in [2.75, 3.05) is 31.1 Å². The Bertz CT molecular complexity index is 1810. The number of hydrogen-bond donors (Lipinski definition) is 1. The van der Waals surface area contributed by atoms with E-state index in [1.54, 1.807) is 35.5 Å². The maximum absolute atomic E-state index is 15.3. The van der Waals surface area contributed by atoms with Crippen LogP contribution in [0.25, 0.3) is 11.1 Å². The van der Waals surface area contributed by atoms with Crippen LogP contribution in [0.1, 0.15) is 73.7 Å². The van der Waals surface area contributed by atoms with Crippen LogP contribution in [0.4, 0.5) is 10.1 Å². The van der Waals surface area contributed by atoms with E-state index >= 15 is 4.39 Å². The van der Waals surface area contributed by atoms with Gasteiger partial charge in [-0.2, -0.15) is 0 Å². The topological polar surface area (TPSA) is 78.7 Å². The van der Waals surface area contributed by atoms with Crippen molar-refractivity contribution in [2.45, 2.75) is 58.0 Å². The van der Waals surface area contributed by atoms with Crippen LogP contribution < -0.4 is 10.5 Å². The van der Waals surface area contributed by atoms with Gasteiger partial charge in [0.1, 0.15) is 5.82 Å². The zero-order valence-corrected chi connectivity index (χ0v) is 26.1. The number of aliphatic hydroxyl groups is 1. The number of nitrogens with zero attached hydrogens (tertiary/aromatic N) is 4. The van der Waals surface area contributed by atoms with Gasteiger partial charge in [0.2, 0.25) is 0 Å². The normalized spacial score (nSPS) is 17.0. The molecular formula is C35H37FN4O3S. The number of fused-ring (bicyclic) bond motifs is 3. The zero-order chi connectivity index (χ0) is 30.5. The first-order chi connectivity index (χ1) is 21.3. The standard InChI is InChI=1S/C35H37FN4O3S/c1-3-39-18-24(19-39)21-8-9-26(37-16-21)13-22-12-23(17-38(2)34(22)42)29-14-25(36)15-31(30(29)20-41)40-11-10-28-27-6-4-5-7-32(27)44-33(28)35(40)43/h8-9,12,14-17,24,41H,3-7,10-11,13,18-20H2,1-2H3. The monoisotopic (exact) mass is 612 g/mol. The molecule has 0 unspecified atom stereocenters. The molecule has 1 amide bonds. The van der Waals surface area contributed by atoms with Gasteiger partial charge in [0.05, 0.1) is 17.2 Å². The molecule has 1 aromatic carbocycles. The van der Waals surface area contributed by atoms with Gasteiger partial charge in [-0.1, -0.05) is 13.0 Å². The maximum Gasteiger partial charge on any atom is 0.268 e. The van der Waals surface area contributed by atoms with E-state index in [1.807, 2.05) is 12.3 Å². The number of hydrogen-bond acceptors (Lipinski definition) is 6. The molecule has 0 atom stereocenters. The molecule has 7 rings (SSSR count). The van der Waals surface area contributed by atoms with Gasteiger partial charge < -0.3 is 19.5 Å². The average Bonchev–Trinajstić information content (AvgIpc) is 3.39. The first-order valence-electron chi connectivity index (χ1n) is 15.6. The molecule has 0 spiro atoms. The molecule has 0 saturated carbocycles. The highest BCUT2D eigenvalue weighted by molar-refractivity contribution is 7.14. The third kappa shape index (κ3) is 5.10. The first-order valence-corrected chi connectivity index (χ1v) is 16.4. The predicted molar refractivity (Wildman–Crippen MR) is 171 cm³/mol. The number of thiophene rings is 1. The largest absolute Gasteiger partial charge is 0.392 e. The maximum atomic E-state index is 15.3. The molecule has 1 saturated heterocycles. The Labute approximate surface area is 260 Å². The van der Waals surface area contributed by atoms with Gasteiger partial charge in [-0.3, -0.25) is 14.6 Å². The van der Waals surface area contributed by atoms with Crippen molar-refractivity contribution in [3.63, 3.8) is 0 Å². The molecule has 228 valence electrons. The zero-order valence-electron chi connectivity index (χ0n) is 25.2. The molecule has 0 bridgehead atoms. The number of carbonyl (C=O) groups excluding carboxylic acids is 1. The summed E-state index contributed by atoms with van der Waals surface area (Å²) in [7, 11) is 1.68. The number of halogens is 1. The van der Waals surface area contributed by atoms with Crippen molar-refractivity contribution in [1.29, 1.82) is 0 Å². The second kappa shape index (κ2) is 11.7. The number of amides is 1. The number of rotatable bonds is 7. The summed E-state index contributed by atoms with van der Waals surface area (Å²) in [5.41, 5.74) is 6.81. The van der Waals surface area contributed by atoms with E-state index in [0.29, 0.717) is 46.8 Å². The Morgan fingerprint density at radius 3 is 2.64 bits per heavy atom. The molecule has 0 radical (unpaired) electrons. The fourth-order valence-corrected chi connectivity index (χ4v) is 8.49. The molecule has 5 heterocycles. The lowest BCUT2D eigenvalue weighted by atomic mass is 9.91. The molecule has 7 nitrogen and oxygen atoms in total. The minimum absolute atomic E-state index is 0.128. The molecule has 9 heteroatoms. The number of likely N-dealkylation sites (N-methyl/N-ethyl adjacent to an activating group) is 1. The highest BCUT2D eigenvalue weighted by atomic mass is 32.1. The molecule has 2 aliphatic heterocycles. The van der Waals surface area contributed by atoms with Crippen LogP contribution in [-0.2, 0) is 39.3 Å². The minimum atomic E-state index is -0.499. The van der Waals surface area contributed by atoms with Gasteiger partial charge in [-0.05, 0) is 90.7 Å². The van der Waals surface area contributed by atoms with Crippen LogP contribution >= 0.6 is 11.3 Å². The van der Waals surface area contributed by atoms with Gasteiger partial charge in [0.15, 0.2) is 0 Å². The number of carbonyl (C=O) groups is 1. The number of benzene rings is 1. The second-order valence-electron chi connectivity index (χ2n) is 12.3. The Morgan fingerprint density at radius 1 is 1.07 bits per heavy atom. The van der Waals surface area contributed by atoms with Crippen molar-refractivity contribution < 1.29 is 14.3 Å². The molecule has 1 aliphatic carbocycles. The molecule has 1 N–H and O–H groups in total. The summed E-state index contributed by atoms with van der Waals surface area (Å²) in [4.78, 5) is 37.7. The molecule has 44 heavy (non-hydrogen) atoms. The Balaban J connectivity index is 1.21. The van der Waals surface area contributed by atoms with E-state index in [-0.39, 0.29) is 18.1 Å². The molecular weight excluding hydrogens is 575 g/mol. The lowest BCUT2D eigenvalue weighted by Gasteiger charge is -2.38. The summed E-state index contributed by atoms with van der Waals surface area (Å²) in [5.74, 6) is -0.131. The third-order valence-electron chi connectivity index (χ3n) is 9.61. The van der Waals surface area contributed by atoms with Crippen molar-refractivity contribution >= 4 is 22.9 Å². The van der Waals surface area contributed by atoms with Gasteiger partial charge in [-0.15, -0.1) is 11.3 Å². The SMILES string of the molecule is CCN1CC(c2ccc(Cc3cc(-c4cc(F)cc(N5CCc6c(sc7c6CCCC7)C5=O)c4CO)cn(C)c3=O)nc2)C1. The number of aryl methyl sites for hydroxylation is 2. The summed E-state index contributed by atoms with van der Waals surface area (Å²) >= 11 is 1.58. The fraction of sp³-hybridized carbons (Fsp3) is 0.400. The fourth-order valence-electron chi connectivity index (χ4n) is 7.10. The third-order valence-corrected chi connectivity index (χ3v) is 10.9. The van der Waals surface area contributed by atoms with Crippen LogP contribution in [0.2, 0.25) is 0 Å². The number of likely N-dealkylation sites (tertiary alicyclic amines) is 1. The molecule has 3 aliphatic rings. The van der Waals surface area contributed by atoms with E-state index in [2.05, 4.69) is 22.9 Å². The summed E-state index contributed by atoms with van der Waals surface area (Å²) in [6, 6.07) is 8.58. The summed E-state index contributed by atoms with van der Waals surface area (Å²) in [5, 5.41) is 10.6. The highest BCUT2D eigenvalue weighted by Crippen LogP contribution is 2.41. The first kappa shape index (κ1) is 29.1. The second-order valence-corrected chi connectivity index (χ2v) is 13.4. The number of aliphatic hydroxyl groups excluding tert-OH is 1. The van der Waals surface area contributed by atoms with E-state index in [4.69, 9.17) is 0 Å².